The quantitative estimate of drug-likeness (QED) is 0.835. The fourth-order valence-corrected chi connectivity index (χ4v) is 2.43. The average molecular weight is 303 g/mol. The summed E-state index contributed by atoms with van der Waals surface area (Å²) >= 11 is 1.29. The van der Waals surface area contributed by atoms with E-state index in [1.165, 1.54) is 11.3 Å². The third-order valence-electron chi connectivity index (χ3n) is 3.03. The Morgan fingerprint density at radius 1 is 1.19 bits per heavy atom. The van der Waals surface area contributed by atoms with E-state index in [1.54, 1.807) is 17.5 Å². The zero-order valence-corrected chi connectivity index (χ0v) is 12.6. The molecule has 0 saturated carbocycles. The van der Waals surface area contributed by atoms with E-state index in [-0.39, 0.29) is 18.4 Å². The van der Waals surface area contributed by atoms with Crippen LogP contribution in [-0.4, -0.2) is 25.0 Å². The van der Waals surface area contributed by atoms with E-state index < -0.39 is 5.97 Å². The van der Waals surface area contributed by atoms with Gasteiger partial charge in [-0.3, -0.25) is 4.79 Å². The van der Waals surface area contributed by atoms with Gasteiger partial charge < -0.3 is 10.1 Å². The summed E-state index contributed by atoms with van der Waals surface area (Å²) in [5.41, 5.74) is 1.16. The molecule has 1 N–H and O–H groups in total. The van der Waals surface area contributed by atoms with Crippen LogP contribution in [0.3, 0.4) is 0 Å². The largest absolute Gasteiger partial charge is 0.451 e. The Kier molecular flexibility index (Phi) is 5.51. The minimum Gasteiger partial charge on any atom is -0.451 e. The van der Waals surface area contributed by atoms with Crippen molar-refractivity contribution in [1.29, 1.82) is 0 Å². The first kappa shape index (κ1) is 15.3. The van der Waals surface area contributed by atoms with Crippen molar-refractivity contribution < 1.29 is 14.3 Å². The highest BCUT2D eigenvalue weighted by Crippen LogP contribution is 2.13. The lowest BCUT2D eigenvalue weighted by Gasteiger charge is -2.13. The molecular formula is C16H17NO3S. The third-order valence-corrected chi connectivity index (χ3v) is 3.88. The number of nitrogens with one attached hydrogen (secondary N) is 1. The van der Waals surface area contributed by atoms with Crippen LogP contribution < -0.4 is 5.32 Å². The summed E-state index contributed by atoms with van der Waals surface area (Å²) in [7, 11) is 0. The summed E-state index contributed by atoms with van der Waals surface area (Å²) in [5, 5.41) is 4.56. The molecule has 4 nitrogen and oxygen atoms in total. The number of carbonyl (C=O) groups excluding carboxylic acids is 2. The number of hydrogen-bond acceptors (Lipinski definition) is 4. The number of hydrogen-bond donors (Lipinski definition) is 1. The molecule has 0 spiro atoms. The van der Waals surface area contributed by atoms with Gasteiger partial charge in [-0.05, 0) is 22.9 Å². The van der Waals surface area contributed by atoms with Gasteiger partial charge in [-0.2, -0.15) is 0 Å². The monoisotopic (exact) mass is 303 g/mol. The van der Waals surface area contributed by atoms with E-state index in [0.717, 1.165) is 5.56 Å². The maximum Gasteiger partial charge on any atom is 0.348 e. The molecule has 5 heteroatoms. The van der Waals surface area contributed by atoms with Crippen LogP contribution in [-0.2, 0) is 9.53 Å². The zero-order chi connectivity index (χ0) is 15.1. The van der Waals surface area contributed by atoms with Crippen LogP contribution in [0.2, 0.25) is 0 Å². The molecule has 2 aromatic rings. The molecule has 1 aromatic carbocycles. The molecule has 0 fully saturated rings. The van der Waals surface area contributed by atoms with Gasteiger partial charge in [0.15, 0.2) is 6.61 Å². The number of rotatable bonds is 6. The lowest BCUT2D eigenvalue weighted by molar-refractivity contribution is -0.124. The first-order chi connectivity index (χ1) is 10.2. The molecule has 0 saturated heterocycles. The molecule has 0 radical (unpaired) electrons. The van der Waals surface area contributed by atoms with Gasteiger partial charge >= 0.3 is 5.97 Å². The Bertz CT molecular complexity index is 581. The predicted molar refractivity (Wildman–Crippen MR) is 82.5 cm³/mol. The Hall–Kier alpha value is -2.14. The van der Waals surface area contributed by atoms with E-state index in [1.807, 2.05) is 37.3 Å². The molecule has 0 aliphatic heterocycles. The normalized spacial score (nSPS) is 11.7. The molecule has 110 valence electrons. The molecule has 1 heterocycles. The molecule has 0 bridgehead atoms. The van der Waals surface area contributed by atoms with Gasteiger partial charge in [0.2, 0.25) is 0 Å². The van der Waals surface area contributed by atoms with Gasteiger partial charge in [0.05, 0.1) is 0 Å². The second kappa shape index (κ2) is 7.59. The number of esters is 1. The molecule has 1 unspecified atom stereocenters. The van der Waals surface area contributed by atoms with Crippen LogP contribution in [0.15, 0.2) is 47.8 Å². The zero-order valence-electron chi connectivity index (χ0n) is 11.7. The van der Waals surface area contributed by atoms with Gasteiger partial charge in [-0.15, -0.1) is 11.3 Å². The van der Waals surface area contributed by atoms with Crippen LogP contribution in [0.4, 0.5) is 0 Å². The number of amides is 1. The summed E-state index contributed by atoms with van der Waals surface area (Å²) in [5.74, 6) is -0.540. The highest BCUT2D eigenvalue weighted by Gasteiger charge is 2.12. The fraction of sp³-hybridized carbons (Fsp3) is 0.250. The molecule has 0 aliphatic carbocycles. The van der Waals surface area contributed by atoms with Crippen molar-refractivity contribution >= 4 is 23.2 Å². The molecular weight excluding hydrogens is 286 g/mol. The average Bonchev–Trinajstić information content (AvgIpc) is 3.05. The number of benzene rings is 1. The third kappa shape index (κ3) is 4.72. The number of thiophene rings is 1. The van der Waals surface area contributed by atoms with Crippen molar-refractivity contribution in [3.05, 3.63) is 58.3 Å². The van der Waals surface area contributed by atoms with Gasteiger partial charge in [-0.1, -0.05) is 43.3 Å². The van der Waals surface area contributed by atoms with Crippen LogP contribution in [0.25, 0.3) is 0 Å². The summed E-state index contributed by atoms with van der Waals surface area (Å²) in [4.78, 5) is 23.7. The van der Waals surface area contributed by atoms with E-state index in [2.05, 4.69) is 5.32 Å². The number of ether oxygens (including phenoxy) is 1. The van der Waals surface area contributed by atoms with E-state index in [4.69, 9.17) is 4.74 Å². The second-order valence-corrected chi connectivity index (χ2v) is 5.62. The van der Waals surface area contributed by atoms with Crippen LogP contribution in [0.5, 0.6) is 0 Å². The molecule has 0 aliphatic rings. The molecule has 1 aromatic heterocycles. The van der Waals surface area contributed by atoms with E-state index >= 15 is 0 Å². The van der Waals surface area contributed by atoms with Crippen LogP contribution >= 0.6 is 11.3 Å². The smallest absolute Gasteiger partial charge is 0.348 e. The maximum atomic E-state index is 11.7. The van der Waals surface area contributed by atoms with Crippen molar-refractivity contribution in [3.63, 3.8) is 0 Å². The van der Waals surface area contributed by atoms with Crippen molar-refractivity contribution in [1.82, 2.24) is 5.32 Å². The summed E-state index contributed by atoms with van der Waals surface area (Å²) in [6.07, 6.45) is 0. The lowest BCUT2D eigenvalue weighted by atomic mass is 10.0. The van der Waals surface area contributed by atoms with Gasteiger partial charge in [-0.25, -0.2) is 4.79 Å². The van der Waals surface area contributed by atoms with Gasteiger partial charge in [0, 0.05) is 6.54 Å². The standard InChI is InChI=1S/C16H17NO3S/c1-12(13-6-3-2-4-7-13)10-17-15(18)11-20-16(19)14-8-5-9-21-14/h2-9,12H,10-11H2,1H3,(H,17,18). The second-order valence-electron chi connectivity index (χ2n) is 4.67. The lowest BCUT2D eigenvalue weighted by Crippen LogP contribution is -2.31. The van der Waals surface area contributed by atoms with Crippen molar-refractivity contribution in [2.75, 3.05) is 13.2 Å². The Labute approximate surface area is 127 Å². The Morgan fingerprint density at radius 3 is 2.62 bits per heavy atom. The minimum atomic E-state index is -0.462. The van der Waals surface area contributed by atoms with E-state index in [9.17, 15) is 9.59 Å². The topological polar surface area (TPSA) is 55.4 Å². The highest BCUT2D eigenvalue weighted by molar-refractivity contribution is 7.11. The highest BCUT2D eigenvalue weighted by atomic mass is 32.1. The Morgan fingerprint density at radius 2 is 1.95 bits per heavy atom. The summed E-state index contributed by atoms with van der Waals surface area (Å²) in [6, 6.07) is 13.4. The van der Waals surface area contributed by atoms with E-state index in [0.29, 0.717) is 11.4 Å². The first-order valence-electron chi connectivity index (χ1n) is 6.69. The van der Waals surface area contributed by atoms with Crippen LogP contribution in [0, 0.1) is 0 Å². The Balaban J connectivity index is 1.71. The first-order valence-corrected chi connectivity index (χ1v) is 7.57. The summed E-state index contributed by atoms with van der Waals surface area (Å²) < 4.78 is 4.95. The number of carbonyl (C=O) groups is 2. The SMILES string of the molecule is CC(CNC(=O)COC(=O)c1cccs1)c1ccccc1. The summed E-state index contributed by atoms with van der Waals surface area (Å²) in [6.45, 7) is 2.30. The van der Waals surface area contributed by atoms with Crippen molar-refractivity contribution in [3.8, 4) is 0 Å². The van der Waals surface area contributed by atoms with Crippen LogP contribution in [0.1, 0.15) is 28.1 Å². The molecule has 1 amide bonds. The van der Waals surface area contributed by atoms with Crippen molar-refractivity contribution in [2.45, 2.75) is 12.8 Å². The molecule has 21 heavy (non-hydrogen) atoms. The predicted octanol–water partition coefficient (Wildman–Crippen LogP) is 2.82. The molecule has 2 rings (SSSR count). The van der Waals surface area contributed by atoms with Gasteiger partial charge in [0.1, 0.15) is 4.88 Å². The van der Waals surface area contributed by atoms with Gasteiger partial charge in [0.25, 0.3) is 5.91 Å². The molecule has 1 atom stereocenters. The minimum absolute atomic E-state index is 0.211. The van der Waals surface area contributed by atoms with Crippen molar-refractivity contribution in [2.24, 2.45) is 0 Å². The fourth-order valence-electron chi connectivity index (χ4n) is 1.81. The maximum absolute atomic E-state index is 11.7.